The maximum atomic E-state index is 12.0. The zero-order valence-corrected chi connectivity index (χ0v) is 15.4. The Morgan fingerprint density at radius 2 is 1.73 bits per heavy atom. The van der Waals surface area contributed by atoms with Gasteiger partial charge in [-0.15, -0.1) is 0 Å². The maximum Gasteiger partial charge on any atom is 0.336 e. The molecule has 4 aromatic rings. The van der Waals surface area contributed by atoms with Gasteiger partial charge in [0.05, 0.1) is 5.39 Å². The van der Waals surface area contributed by atoms with Gasteiger partial charge in [-0.1, -0.05) is 43.7 Å². The second-order valence-electron chi connectivity index (χ2n) is 6.86. The number of unbranched alkanes of at least 4 members (excludes halogenated alkanes) is 1. The van der Waals surface area contributed by atoms with Crippen LogP contribution in [0.5, 0.6) is 0 Å². The summed E-state index contributed by atoms with van der Waals surface area (Å²) in [6, 6.07) is 13.9. The van der Waals surface area contributed by atoms with Crippen molar-refractivity contribution in [3.63, 3.8) is 0 Å². The lowest BCUT2D eigenvalue weighted by Crippen LogP contribution is -2.01. The van der Waals surface area contributed by atoms with Gasteiger partial charge >= 0.3 is 5.63 Å². The number of rotatable bonds is 4. The summed E-state index contributed by atoms with van der Waals surface area (Å²) in [5, 5.41) is 2.04. The quantitative estimate of drug-likeness (QED) is 0.415. The van der Waals surface area contributed by atoms with Crippen molar-refractivity contribution in [3.05, 3.63) is 69.8 Å². The lowest BCUT2D eigenvalue weighted by Gasteiger charge is -2.08. The molecule has 26 heavy (non-hydrogen) atoms. The maximum absolute atomic E-state index is 12.0. The summed E-state index contributed by atoms with van der Waals surface area (Å²) in [7, 11) is 0. The molecule has 3 heteroatoms. The van der Waals surface area contributed by atoms with Crippen molar-refractivity contribution >= 4 is 21.9 Å². The van der Waals surface area contributed by atoms with Crippen molar-refractivity contribution in [2.24, 2.45) is 0 Å². The third-order valence-electron chi connectivity index (χ3n) is 4.99. The molecule has 0 spiro atoms. The average molecular weight is 346 g/mol. The fourth-order valence-corrected chi connectivity index (χ4v) is 3.80. The van der Waals surface area contributed by atoms with Crippen LogP contribution in [-0.2, 0) is 6.42 Å². The molecule has 0 aliphatic rings. The Kier molecular flexibility index (Phi) is 4.15. The molecule has 0 atom stereocenters. The number of furan rings is 1. The molecule has 2 heterocycles. The highest BCUT2D eigenvalue weighted by Crippen LogP contribution is 2.41. The molecular weight excluding hydrogens is 324 g/mol. The molecule has 0 saturated heterocycles. The van der Waals surface area contributed by atoms with Crippen LogP contribution in [0.25, 0.3) is 33.1 Å². The molecule has 0 amide bonds. The Labute approximate surface area is 152 Å². The van der Waals surface area contributed by atoms with E-state index in [9.17, 15) is 4.79 Å². The standard InChI is InChI=1S/C23H22O3/c1-4-5-9-17-13-19(24)26-18-12-14(2)20-21(16-10-7-6-8-11-16)15(3)25-23(20)22(17)18/h6-8,10-13H,4-5,9H2,1-3H3. The minimum atomic E-state index is -0.297. The van der Waals surface area contributed by atoms with Crippen molar-refractivity contribution in [2.75, 3.05) is 0 Å². The zero-order valence-electron chi connectivity index (χ0n) is 15.4. The molecule has 0 bridgehead atoms. The van der Waals surface area contributed by atoms with Crippen LogP contribution in [0.1, 0.15) is 36.7 Å². The summed E-state index contributed by atoms with van der Waals surface area (Å²) < 4.78 is 11.8. The van der Waals surface area contributed by atoms with E-state index in [-0.39, 0.29) is 5.63 Å². The number of benzene rings is 2. The van der Waals surface area contributed by atoms with E-state index in [1.165, 1.54) is 0 Å². The van der Waals surface area contributed by atoms with E-state index in [1.807, 2.05) is 38.1 Å². The second kappa shape index (κ2) is 6.49. The lowest BCUT2D eigenvalue weighted by molar-refractivity contribution is 0.554. The van der Waals surface area contributed by atoms with Gasteiger partial charge in [-0.25, -0.2) is 4.79 Å². The Hall–Kier alpha value is -2.81. The van der Waals surface area contributed by atoms with E-state index >= 15 is 0 Å². The van der Waals surface area contributed by atoms with Crippen LogP contribution in [-0.4, -0.2) is 0 Å². The second-order valence-corrected chi connectivity index (χ2v) is 6.86. The smallest absolute Gasteiger partial charge is 0.336 e. The summed E-state index contributed by atoms with van der Waals surface area (Å²) in [6.07, 6.45) is 2.94. The Bertz CT molecular complexity index is 1150. The Morgan fingerprint density at radius 3 is 2.46 bits per heavy atom. The number of aryl methyl sites for hydroxylation is 3. The Morgan fingerprint density at radius 1 is 0.962 bits per heavy atom. The van der Waals surface area contributed by atoms with Gasteiger partial charge in [0.1, 0.15) is 16.9 Å². The molecule has 132 valence electrons. The third-order valence-corrected chi connectivity index (χ3v) is 4.99. The molecule has 2 aromatic carbocycles. The first kappa shape index (κ1) is 16.6. The monoisotopic (exact) mass is 346 g/mol. The largest absolute Gasteiger partial charge is 0.460 e. The average Bonchev–Trinajstić information content (AvgIpc) is 2.97. The molecular formula is C23H22O3. The predicted octanol–water partition coefficient (Wildman–Crippen LogP) is 6.17. The highest BCUT2D eigenvalue weighted by Gasteiger charge is 2.20. The topological polar surface area (TPSA) is 43.4 Å². The lowest BCUT2D eigenvalue weighted by atomic mass is 9.95. The number of hydrogen-bond acceptors (Lipinski definition) is 3. The van der Waals surface area contributed by atoms with Crippen molar-refractivity contribution in [2.45, 2.75) is 40.0 Å². The van der Waals surface area contributed by atoms with Crippen LogP contribution in [0.3, 0.4) is 0 Å². The highest BCUT2D eigenvalue weighted by molar-refractivity contribution is 6.11. The molecule has 0 unspecified atom stereocenters. The zero-order chi connectivity index (χ0) is 18.3. The molecule has 4 rings (SSSR count). The van der Waals surface area contributed by atoms with Crippen LogP contribution in [0.2, 0.25) is 0 Å². The third kappa shape index (κ3) is 2.64. The van der Waals surface area contributed by atoms with Gasteiger partial charge < -0.3 is 8.83 Å². The summed E-state index contributed by atoms with van der Waals surface area (Å²) in [4.78, 5) is 12.0. The first-order valence-electron chi connectivity index (χ1n) is 9.15. The molecule has 0 N–H and O–H groups in total. The minimum Gasteiger partial charge on any atom is -0.460 e. The number of fused-ring (bicyclic) bond motifs is 3. The van der Waals surface area contributed by atoms with E-state index in [0.717, 1.165) is 63.6 Å². The molecule has 0 radical (unpaired) electrons. The summed E-state index contributed by atoms with van der Waals surface area (Å²) in [6.45, 7) is 6.19. The molecule has 0 fully saturated rings. The minimum absolute atomic E-state index is 0.297. The summed E-state index contributed by atoms with van der Waals surface area (Å²) in [5.41, 5.74) is 5.46. The van der Waals surface area contributed by atoms with Gasteiger partial charge in [0.25, 0.3) is 0 Å². The van der Waals surface area contributed by atoms with Crippen molar-refractivity contribution in [3.8, 4) is 11.1 Å². The van der Waals surface area contributed by atoms with E-state index < -0.39 is 0 Å². The molecule has 0 saturated carbocycles. The van der Waals surface area contributed by atoms with E-state index in [4.69, 9.17) is 8.83 Å². The molecule has 0 aliphatic heterocycles. The first-order chi connectivity index (χ1) is 12.6. The van der Waals surface area contributed by atoms with Crippen molar-refractivity contribution in [1.82, 2.24) is 0 Å². The van der Waals surface area contributed by atoms with Crippen molar-refractivity contribution in [1.29, 1.82) is 0 Å². The Balaban J connectivity index is 2.12. The van der Waals surface area contributed by atoms with E-state index in [0.29, 0.717) is 5.58 Å². The molecule has 0 aliphatic carbocycles. The van der Waals surface area contributed by atoms with Crippen molar-refractivity contribution < 1.29 is 8.83 Å². The van der Waals surface area contributed by atoms with Crippen LogP contribution < -0.4 is 5.63 Å². The summed E-state index contributed by atoms with van der Waals surface area (Å²) in [5.74, 6) is 0.884. The molecule has 2 aromatic heterocycles. The highest BCUT2D eigenvalue weighted by atomic mass is 16.4. The van der Waals surface area contributed by atoms with Crippen LogP contribution >= 0.6 is 0 Å². The number of hydrogen-bond donors (Lipinski definition) is 0. The molecule has 3 nitrogen and oxygen atoms in total. The van der Waals surface area contributed by atoms with Crippen LogP contribution in [0.15, 0.2) is 56.1 Å². The van der Waals surface area contributed by atoms with Gasteiger partial charge in [-0.2, -0.15) is 0 Å². The van der Waals surface area contributed by atoms with Gasteiger partial charge in [0.2, 0.25) is 0 Å². The fourth-order valence-electron chi connectivity index (χ4n) is 3.80. The van der Waals surface area contributed by atoms with Crippen LogP contribution in [0.4, 0.5) is 0 Å². The van der Waals surface area contributed by atoms with Gasteiger partial charge in [-0.3, -0.25) is 0 Å². The normalized spacial score (nSPS) is 11.5. The van der Waals surface area contributed by atoms with E-state index in [2.05, 4.69) is 19.1 Å². The van der Waals surface area contributed by atoms with E-state index in [1.54, 1.807) is 6.07 Å². The van der Waals surface area contributed by atoms with Gasteiger partial charge in [0.15, 0.2) is 0 Å². The first-order valence-corrected chi connectivity index (χ1v) is 9.15. The SMILES string of the molecule is CCCCc1cc(=O)oc2cc(C)c3c(-c4ccccc4)c(C)oc3c12. The van der Waals surface area contributed by atoms with Gasteiger partial charge in [-0.05, 0) is 49.4 Å². The van der Waals surface area contributed by atoms with Gasteiger partial charge in [0, 0.05) is 17.0 Å². The fraction of sp³-hybridized carbons (Fsp3) is 0.261. The predicted molar refractivity (Wildman–Crippen MR) is 106 cm³/mol. The van der Waals surface area contributed by atoms with Crippen LogP contribution in [0, 0.1) is 13.8 Å². The summed E-state index contributed by atoms with van der Waals surface area (Å²) >= 11 is 0.